The lowest BCUT2D eigenvalue weighted by Gasteiger charge is -2.18. The fourth-order valence-electron chi connectivity index (χ4n) is 10.3. The molecule has 0 aliphatic rings. The van der Waals surface area contributed by atoms with E-state index in [1.165, 1.54) is 238 Å². The van der Waals surface area contributed by atoms with Crippen LogP contribution in [-0.2, 0) is 28.6 Å². The standard InChI is InChI=1S/C75H134O6/c1-4-7-10-13-16-19-22-25-27-29-31-32-33-34-35-36-37-38-39-40-41-42-43-44-45-47-48-50-53-56-59-62-65-68-74(77)80-71-72(70-79-73(76)67-64-61-58-55-52-24-21-18-15-12-9-6-3)81-75(78)69-66-63-60-57-54-51-49-46-30-28-26-23-20-17-14-11-8-5-2/h18,20-23,25,28-31,33-34,72H,4-17,19,24,26-27,32,35-71H2,1-3H3/b21-18-,23-20-,25-22-,30-28-,31-29-,34-33-. The Bertz CT molecular complexity index is 1490. The molecule has 0 saturated heterocycles. The van der Waals surface area contributed by atoms with E-state index in [-0.39, 0.29) is 31.1 Å². The molecule has 0 radical (unpaired) electrons. The summed E-state index contributed by atoms with van der Waals surface area (Å²) in [6, 6.07) is 0. The third-order valence-corrected chi connectivity index (χ3v) is 15.7. The van der Waals surface area contributed by atoms with Crippen LogP contribution in [0.3, 0.4) is 0 Å². The van der Waals surface area contributed by atoms with Gasteiger partial charge in [-0.3, -0.25) is 14.4 Å². The molecule has 1 atom stereocenters. The van der Waals surface area contributed by atoms with E-state index in [1.807, 2.05) is 0 Å². The van der Waals surface area contributed by atoms with E-state index in [2.05, 4.69) is 93.7 Å². The molecule has 470 valence electrons. The molecule has 0 amide bonds. The zero-order valence-corrected chi connectivity index (χ0v) is 54.1. The molecule has 0 aromatic rings. The van der Waals surface area contributed by atoms with Crippen LogP contribution in [0.1, 0.15) is 367 Å². The molecule has 81 heavy (non-hydrogen) atoms. The van der Waals surface area contributed by atoms with E-state index in [1.54, 1.807) is 0 Å². The molecular formula is C75H134O6. The Morgan fingerprint density at radius 3 is 0.741 bits per heavy atom. The summed E-state index contributed by atoms with van der Waals surface area (Å²) in [5, 5.41) is 0. The van der Waals surface area contributed by atoms with E-state index < -0.39 is 6.10 Å². The summed E-state index contributed by atoms with van der Waals surface area (Å²) in [4.78, 5) is 38.3. The number of ether oxygens (including phenoxy) is 3. The van der Waals surface area contributed by atoms with Crippen molar-refractivity contribution in [3.8, 4) is 0 Å². The van der Waals surface area contributed by atoms with Gasteiger partial charge < -0.3 is 14.2 Å². The molecule has 0 N–H and O–H groups in total. The molecule has 0 aromatic heterocycles. The second-order valence-electron chi connectivity index (χ2n) is 23.8. The van der Waals surface area contributed by atoms with Gasteiger partial charge in [0.25, 0.3) is 0 Å². The van der Waals surface area contributed by atoms with Crippen molar-refractivity contribution in [3.05, 3.63) is 72.9 Å². The van der Waals surface area contributed by atoms with Crippen molar-refractivity contribution >= 4 is 17.9 Å². The fourth-order valence-corrected chi connectivity index (χ4v) is 10.3. The molecular weight excluding hydrogens is 997 g/mol. The van der Waals surface area contributed by atoms with Crippen LogP contribution in [-0.4, -0.2) is 37.2 Å². The molecule has 0 aliphatic carbocycles. The first-order valence-corrected chi connectivity index (χ1v) is 35.4. The number of carbonyl (C=O) groups excluding carboxylic acids is 3. The maximum atomic E-state index is 12.9. The summed E-state index contributed by atoms with van der Waals surface area (Å²) in [7, 11) is 0. The van der Waals surface area contributed by atoms with E-state index in [9.17, 15) is 14.4 Å². The van der Waals surface area contributed by atoms with E-state index >= 15 is 0 Å². The number of hydrogen-bond acceptors (Lipinski definition) is 6. The van der Waals surface area contributed by atoms with Crippen LogP contribution < -0.4 is 0 Å². The molecule has 6 nitrogen and oxygen atoms in total. The van der Waals surface area contributed by atoms with Gasteiger partial charge in [0.2, 0.25) is 0 Å². The Balaban J connectivity index is 4.15. The molecule has 0 saturated carbocycles. The third-order valence-electron chi connectivity index (χ3n) is 15.7. The summed E-state index contributed by atoms with van der Waals surface area (Å²) < 4.78 is 16.9. The highest BCUT2D eigenvalue weighted by molar-refractivity contribution is 5.71. The average molecular weight is 1130 g/mol. The molecule has 0 bridgehead atoms. The second-order valence-corrected chi connectivity index (χ2v) is 23.8. The van der Waals surface area contributed by atoms with Crippen molar-refractivity contribution in [2.45, 2.75) is 374 Å². The highest BCUT2D eigenvalue weighted by Crippen LogP contribution is 2.17. The monoisotopic (exact) mass is 1130 g/mol. The van der Waals surface area contributed by atoms with E-state index in [0.717, 1.165) is 89.9 Å². The molecule has 0 fully saturated rings. The van der Waals surface area contributed by atoms with Gasteiger partial charge in [-0.2, -0.15) is 0 Å². The fraction of sp³-hybridized carbons (Fsp3) is 0.800. The third kappa shape index (κ3) is 67.5. The number of allylic oxidation sites excluding steroid dienone is 12. The van der Waals surface area contributed by atoms with Gasteiger partial charge >= 0.3 is 17.9 Å². The van der Waals surface area contributed by atoms with Gasteiger partial charge in [0.1, 0.15) is 13.2 Å². The van der Waals surface area contributed by atoms with Gasteiger partial charge in [-0.25, -0.2) is 0 Å². The first kappa shape index (κ1) is 77.9. The Morgan fingerprint density at radius 1 is 0.247 bits per heavy atom. The smallest absolute Gasteiger partial charge is 0.306 e. The molecule has 0 rings (SSSR count). The summed E-state index contributed by atoms with van der Waals surface area (Å²) in [5.41, 5.74) is 0. The van der Waals surface area contributed by atoms with Gasteiger partial charge in [0.15, 0.2) is 6.10 Å². The Morgan fingerprint density at radius 2 is 0.444 bits per heavy atom. The normalized spacial score (nSPS) is 12.5. The van der Waals surface area contributed by atoms with Crippen LogP contribution in [0.25, 0.3) is 0 Å². The van der Waals surface area contributed by atoms with Crippen LogP contribution >= 0.6 is 0 Å². The minimum atomic E-state index is -0.782. The number of hydrogen-bond donors (Lipinski definition) is 0. The van der Waals surface area contributed by atoms with Crippen LogP contribution in [0.15, 0.2) is 72.9 Å². The largest absolute Gasteiger partial charge is 0.462 e. The predicted octanol–water partition coefficient (Wildman–Crippen LogP) is 24.4. The van der Waals surface area contributed by atoms with Gasteiger partial charge in [-0.1, -0.05) is 306 Å². The van der Waals surface area contributed by atoms with Crippen LogP contribution in [0.5, 0.6) is 0 Å². The SMILES string of the molecule is CCCCC/C=C\CCCCCCCC(=O)OCC(COC(=O)CCCCCCCCCCCCCCCCCCCC/C=C\C/C=C\C/C=C\CCCCCCC)OC(=O)CCCCCCCCC/C=C\C/C=C\CCCCCC. The van der Waals surface area contributed by atoms with E-state index in [4.69, 9.17) is 14.2 Å². The topological polar surface area (TPSA) is 78.9 Å². The van der Waals surface area contributed by atoms with Crippen molar-refractivity contribution in [1.29, 1.82) is 0 Å². The van der Waals surface area contributed by atoms with Crippen molar-refractivity contribution in [2.24, 2.45) is 0 Å². The predicted molar refractivity (Wildman–Crippen MR) is 353 cm³/mol. The van der Waals surface area contributed by atoms with Crippen molar-refractivity contribution in [2.75, 3.05) is 13.2 Å². The number of carbonyl (C=O) groups is 3. The molecule has 1 unspecified atom stereocenters. The van der Waals surface area contributed by atoms with Crippen LogP contribution in [0.4, 0.5) is 0 Å². The quantitative estimate of drug-likeness (QED) is 0.0261. The first-order chi connectivity index (χ1) is 40.0. The molecule has 0 aliphatic heterocycles. The average Bonchev–Trinajstić information content (AvgIpc) is 3.47. The number of unbranched alkanes of at least 4 members (excludes halogenated alkanes) is 42. The van der Waals surface area contributed by atoms with Crippen LogP contribution in [0, 0.1) is 0 Å². The maximum absolute atomic E-state index is 12.9. The zero-order valence-electron chi connectivity index (χ0n) is 54.1. The van der Waals surface area contributed by atoms with Gasteiger partial charge in [0.05, 0.1) is 0 Å². The van der Waals surface area contributed by atoms with Crippen molar-refractivity contribution < 1.29 is 28.6 Å². The van der Waals surface area contributed by atoms with Gasteiger partial charge in [0, 0.05) is 19.3 Å². The van der Waals surface area contributed by atoms with Gasteiger partial charge in [-0.05, 0) is 116 Å². The van der Waals surface area contributed by atoms with Crippen molar-refractivity contribution in [3.63, 3.8) is 0 Å². The van der Waals surface area contributed by atoms with Crippen molar-refractivity contribution in [1.82, 2.24) is 0 Å². The maximum Gasteiger partial charge on any atom is 0.306 e. The Hall–Kier alpha value is -3.15. The minimum Gasteiger partial charge on any atom is -0.462 e. The lowest BCUT2D eigenvalue weighted by atomic mass is 10.0. The summed E-state index contributed by atoms with van der Waals surface area (Å²) >= 11 is 0. The minimum absolute atomic E-state index is 0.0779. The number of rotatable bonds is 65. The highest BCUT2D eigenvalue weighted by Gasteiger charge is 2.19. The molecule has 6 heteroatoms. The number of esters is 3. The zero-order chi connectivity index (χ0) is 58.5. The lowest BCUT2D eigenvalue weighted by molar-refractivity contribution is -0.167. The highest BCUT2D eigenvalue weighted by atomic mass is 16.6. The van der Waals surface area contributed by atoms with E-state index in [0.29, 0.717) is 19.3 Å². The summed E-state index contributed by atoms with van der Waals surface area (Å²) in [5.74, 6) is -0.877. The second kappa shape index (κ2) is 69.3. The van der Waals surface area contributed by atoms with Gasteiger partial charge in [-0.15, -0.1) is 0 Å². The first-order valence-electron chi connectivity index (χ1n) is 35.4. The van der Waals surface area contributed by atoms with Crippen LogP contribution in [0.2, 0.25) is 0 Å². The lowest BCUT2D eigenvalue weighted by Crippen LogP contribution is -2.30. The summed E-state index contributed by atoms with van der Waals surface area (Å²) in [6.07, 6.45) is 90.8. The molecule has 0 spiro atoms. The Labute approximate surface area is 503 Å². The summed E-state index contributed by atoms with van der Waals surface area (Å²) in [6.45, 7) is 6.62. The molecule has 0 heterocycles. The Kier molecular flexibility index (Phi) is 66.6. The molecule has 0 aromatic carbocycles.